The Morgan fingerprint density at radius 1 is 1.35 bits per heavy atom. The van der Waals surface area contributed by atoms with Gasteiger partial charge < -0.3 is 15.1 Å². The zero-order valence-electron chi connectivity index (χ0n) is 13.1. The first-order chi connectivity index (χ1) is 11.1. The summed E-state index contributed by atoms with van der Waals surface area (Å²) in [5.74, 6) is 1.00. The second-order valence-corrected chi connectivity index (χ2v) is 7.01. The van der Waals surface area contributed by atoms with Gasteiger partial charge in [-0.05, 0) is 49.9 Å². The molecule has 5 heteroatoms. The summed E-state index contributed by atoms with van der Waals surface area (Å²) in [5.41, 5.74) is 2.32. The summed E-state index contributed by atoms with van der Waals surface area (Å²) in [6.07, 6.45) is 5.48. The predicted octanol–water partition coefficient (Wildman–Crippen LogP) is 4.35. The lowest BCUT2D eigenvalue weighted by atomic mass is 9.93. The van der Waals surface area contributed by atoms with Crippen LogP contribution in [0.2, 0.25) is 0 Å². The fourth-order valence-electron chi connectivity index (χ4n) is 3.09. The minimum atomic E-state index is -0.117. The van der Waals surface area contributed by atoms with Gasteiger partial charge in [-0.1, -0.05) is 28.1 Å². The van der Waals surface area contributed by atoms with Gasteiger partial charge in [0.15, 0.2) is 0 Å². The summed E-state index contributed by atoms with van der Waals surface area (Å²) < 4.78 is 6.52. The molecule has 0 bridgehead atoms. The maximum Gasteiger partial charge on any atom is 0.315 e. The lowest BCUT2D eigenvalue weighted by Gasteiger charge is -2.24. The molecular weight excluding hydrogens is 356 g/mol. The molecule has 0 spiro atoms. The number of fused-ring (bicyclic) bond motifs is 1. The zero-order valence-corrected chi connectivity index (χ0v) is 14.7. The number of hydrogen-bond acceptors (Lipinski definition) is 2. The van der Waals surface area contributed by atoms with Crippen molar-refractivity contribution in [1.82, 2.24) is 10.6 Å². The smallest absolute Gasteiger partial charge is 0.315 e. The van der Waals surface area contributed by atoms with E-state index in [-0.39, 0.29) is 18.1 Å². The molecule has 2 atom stereocenters. The summed E-state index contributed by atoms with van der Waals surface area (Å²) in [6, 6.07) is 10.1. The first-order valence-electron chi connectivity index (χ1n) is 7.99. The molecule has 1 aliphatic rings. The minimum absolute atomic E-state index is 0.0531. The molecule has 3 rings (SSSR count). The maximum atomic E-state index is 12.2. The molecule has 0 radical (unpaired) electrons. The van der Waals surface area contributed by atoms with Crippen LogP contribution in [0.15, 0.2) is 45.5 Å². The molecule has 0 fully saturated rings. The highest BCUT2D eigenvalue weighted by molar-refractivity contribution is 9.10. The lowest BCUT2D eigenvalue weighted by molar-refractivity contribution is 0.232. The van der Waals surface area contributed by atoms with Crippen LogP contribution >= 0.6 is 15.9 Å². The third kappa shape index (κ3) is 4.16. The fourth-order valence-corrected chi connectivity index (χ4v) is 3.35. The molecule has 4 nitrogen and oxygen atoms in total. The minimum Gasteiger partial charge on any atom is -0.469 e. The van der Waals surface area contributed by atoms with Crippen molar-refractivity contribution in [3.05, 3.63) is 58.0 Å². The van der Waals surface area contributed by atoms with Gasteiger partial charge in [-0.2, -0.15) is 0 Å². The molecule has 1 aromatic heterocycles. The van der Waals surface area contributed by atoms with E-state index in [1.165, 1.54) is 5.56 Å². The van der Waals surface area contributed by atoms with Crippen molar-refractivity contribution in [2.24, 2.45) is 0 Å². The number of benzene rings is 1. The number of carbonyl (C=O) groups is 1. The molecule has 1 aromatic carbocycles. The third-order valence-corrected chi connectivity index (χ3v) is 4.72. The van der Waals surface area contributed by atoms with Gasteiger partial charge in [-0.15, -0.1) is 0 Å². The number of furan rings is 1. The summed E-state index contributed by atoms with van der Waals surface area (Å²) in [4.78, 5) is 12.2. The van der Waals surface area contributed by atoms with Crippen LogP contribution in [0.25, 0.3) is 0 Å². The second-order valence-electron chi connectivity index (χ2n) is 6.09. The van der Waals surface area contributed by atoms with Gasteiger partial charge in [0.25, 0.3) is 0 Å². The van der Waals surface area contributed by atoms with E-state index in [0.29, 0.717) is 0 Å². The van der Waals surface area contributed by atoms with Crippen molar-refractivity contribution < 1.29 is 9.21 Å². The average Bonchev–Trinajstić information content (AvgIpc) is 2.99. The molecule has 2 unspecified atom stereocenters. The van der Waals surface area contributed by atoms with Crippen LogP contribution in [0, 0.1) is 0 Å². The van der Waals surface area contributed by atoms with Crippen LogP contribution in [-0.2, 0) is 12.8 Å². The van der Waals surface area contributed by atoms with Crippen molar-refractivity contribution in [3.63, 3.8) is 0 Å². The first kappa shape index (κ1) is 16.1. The van der Waals surface area contributed by atoms with Crippen LogP contribution in [0.3, 0.4) is 0 Å². The van der Waals surface area contributed by atoms with Crippen molar-refractivity contribution in [1.29, 1.82) is 0 Å². The Labute approximate surface area is 144 Å². The van der Waals surface area contributed by atoms with E-state index in [1.54, 1.807) is 6.26 Å². The number of nitrogens with one attached hydrogen (secondary N) is 2. The molecule has 1 heterocycles. The van der Waals surface area contributed by atoms with Crippen LogP contribution in [0.5, 0.6) is 0 Å². The van der Waals surface area contributed by atoms with Crippen LogP contribution < -0.4 is 10.6 Å². The summed E-state index contributed by atoms with van der Waals surface area (Å²) >= 11 is 3.43. The molecule has 2 aromatic rings. The molecule has 0 aliphatic heterocycles. The molecule has 0 saturated carbocycles. The monoisotopic (exact) mass is 376 g/mol. The van der Waals surface area contributed by atoms with Gasteiger partial charge in [0.05, 0.1) is 12.3 Å². The molecule has 122 valence electrons. The Balaban J connectivity index is 1.52. The van der Waals surface area contributed by atoms with E-state index in [0.717, 1.165) is 41.5 Å². The van der Waals surface area contributed by atoms with Gasteiger partial charge in [0, 0.05) is 22.5 Å². The number of urea groups is 1. The van der Waals surface area contributed by atoms with Gasteiger partial charge in [-0.3, -0.25) is 0 Å². The van der Waals surface area contributed by atoms with Crippen molar-refractivity contribution in [2.45, 2.75) is 44.7 Å². The summed E-state index contributed by atoms with van der Waals surface area (Å²) in [6.45, 7) is 2.02. The first-order valence-corrected chi connectivity index (χ1v) is 8.79. The Kier molecular flexibility index (Phi) is 5.06. The Morgan fingerprint density at radius 2 is 2.13 bits per heavy atom. The van der Waals surface area contributed by atoms with E-state index in [4.69, 9.17) is 4.42 Å². The number of aryl methyl sites for hydroxylation is 1. The van der Waals surface area contributed by atoms with Gasteiger partial charge >= 0.3 is 6.03 Å². The number of carbonyl (C=O) groups excluding carboxylic acids is 1. The quantitative estimate of drug-likeness (QED) is 0.833. The van der Waals surface area contributed by atoms with E-state index >= 15 is 0 Å². The molecule has 23 heavy (non-hydrogen) atoms. The fraction of sp³-hybridized carbons (Fsp3) is 0.389. The van der Waals surface area contributed by atoms with E-state index in [2.05, 4.69) is 38.7 Å². The number of rotatable bonds is 4. The SMILES string of the molecule is CC(Cc1ccc(Br)cc1)NC(=O)NC1CCCc2occc21. The normalized spacial score (nSPS) is 18.1. The topological polar surface area (TPSA) is 54.3 Å². The highest BCUT2D eigenvalue weighted by Gasteiger charge is 2.24. The van der Waals surface area contributed by atoms with Gasteiger partial charge in [0.1, 0.15) is 5.76 Å². The van der Waals surface area contributed by atoms with Crippen LogP contribution in [0.4, 0.5) is 4.79 Å². The van der Waals surface area contributed by atoms with Crippen LogP contribution in [0.1, 0.15) is 42.7 Å². The van der Waals surface area contributed by atoms with Crippen molar-refractivity contribution >= 4 is 22.0 Å². The van der Waals surface area contributed by atoms with Crippen molar-refractivity contribution in [2.75, 3.05) is 0 Å². The second kappa shape index (κ2) is 7.21. The van der Waals surface area contributed by atoms with E-state index < -0.39 is 0 Å². The summed E-state index contributed by atoms with van der Waals surface area (Å²) in [7, 11) is 0. The molecule has 0 saturated heterocycles. The van der Waals surface area contributed by atoms with Crippen molar-refractivity contribution in [3.8, 4) is 0 Å². The van der Waals surface area contributed by atoms with E-state index in [9.17, 15) is 4.79 Å². The average molecular weight is 377 g/mol. The largest absolute Gasteiger partial charge is 0.469 e. The van der Waals surface area contributed by atoms with E-state index in [1.807, 2.05) is 25.1 Å². The standard InChI is InChI=1S/C18H21BrN2O2/c1-12(11-13-5-7-14(19)8-6-13)20-18(22)21-16-3-2-4-17-15(16)9-10-23-17/h5-10,12,16H,2-4,11H2,1H3,(H2,20,21,22). The molecular formula is C18H21BrN2O2. The number of halogens is 1. The number of hydrogen-bond donors (Lipinski definition) is 2. The molecule has 2 N–H and O–H groups in total. The highest BCUT2D eigenvalue weighted by atomic mass is 79.9. The maximum absolute atomic E-state index is 12.2. The van der Waals surface area contributed by atoms with Gasteiger partial charge in [-0.25, -0.2) is 4.79 Å². The summed E-state index contributed by atoms with van der Waals surface area (Å²) in [5, 5.41) is 6.09. The third-order valence-electron chi connectivity index (χ3n) is 4.19. The Hall–Kier alpha value is -1.75. The Bertz CT molecular complexity index is 666. The Morgan fingerprint density at radius 3 is 2.91 bits per heavy atom. The lowest BCUT2D eigenvalue weighted by Crippen LogP contribution is -2.43. The molecule has 1 aliphatic carbocycles. The zero-order chi connectivity index (χ0) is 16.2. The van der Waals surface area contributed by atoms with Gasteiger partial charge in [0.2, 0.25) is 0 Å². The van der Waals surface area contributed by atoms with Crippen LogP contribution in [-0.4, -0.2) is 12.1 Å². The highest BCUT2D eigenvalue weighted by Crippen LogP contribution is 2.30. The predicted molar refractivity (Wildman–Crippen MR) is 93.4 cm³/mol. The molecule has 2 amide bonds. The number of amides is 2.